The van der Waals surface area contributed by atoms with Crippen molar-refractivity contribution in [2.24, 2.45) is 10.9 Å². The minimum absolute atomic E-state index is 0.152. The lowest BCUT2D eigenvalue weighted by Gasteiger charge is -2.31. The molecule has 26 heavy (non-hydrogen) atoms. The predicted molar refractivity (Wildman–Crippen MR) is 105 cm³/mol. The lowest BCUT2D eigenvalue weighted by atomic mass is 10.0. The van der Waals surface area contributed by atoms with Crippen molar-refractivity contribution in [1.82, 2.24) is 4.90 Å². The first-order valence-electron chi connectivity index (χ1n) is 8.92. The van der Waals surface area contributed by atoms with Crippen molar-refractivity contribution in [3.8, 4) is 11.5 Å². The summed E-state index contributed by atoms with van der Waals surface area (Å²) in [5, 5.41) is 0.840. The molecule has 0 saturated carbocycles. The molecule has 3 heterocycles. The first-order chi connectivity index (χ1) is 12.6. The number of methoxy groups -OCH3 is 1. The summed E-state index contributed by atoms with van der Waals surface area (Å²) in [5.41, 5.74) is 1.92. The molecule has 5 nitrogen and oxygen atoms in total. The van der Waals surface area contributed by atoms with Crippen molar-refractivity contribution in [2.75, 3.05) is 26.8 Å². The zero-order chi connectivity index (χ0) is 18.1. The number of rotatable bonds is 2. The molecule has 4 rings (SSSR count). The van der Waals surface area contributed by atoms with Gasteiger partial charge in [-0.2, -0.15) is 4.99 Å². The summed E-state index contributed by atoms with van der Waals surface area (Å²) in [6.45, 7) is 4.63. The molecule has 1 unspecified atom stereocenters. The molecule has 0 N–H and O–H groups in total. The second-order valence-electron chi connectivity index (χ2n) is 6.89. The van der Waals surface area contributed by atoms with Crippen LogP contribution in [0.3, 0.4) is 0 Å². The zero-order valence-corrected chi connectivity index (χ0v) is 15.8. The van der Waals surface area contributed by atoms with Crippen LogP contribution >= 0.6 is 11.8 Å². The van der Waals surface area contributed by atoms with E-state index in [0.717, 1.165) is 47.3 Å². The lowest BCUT2D eigenvalue weighted by Crippen LogP contribution is -2.37. The minimum Gasteiger partial charge on any atom is -0.493 e. The number of hydrogen-bond acceptors (Lipinski definition) is 5. The number of likely N-dealkylation sites (tertiary alicyclic amines) is 1. The Morgan fingerprint density at radius 1 is 1.42 bits per heavy atom. The van der Waals surface area contributed by atoms with E-state index in [1.54, 1.807) is 7.11 Å². The summed E-state index contributed by atoms with van der Waals surface area (Å²) >= 11 is 1.48. The second-order valence-corrected chi connectivity index (χ2v) is 7.90. The third kappa shape index (κ3) is 3.38. The van der Waals surface area contributed by atoms with Crippen LogP contribution in [0.25, 0.3) is 6.08 Å². The smallest absolute Gasteiger partial charge is 0.286 e. The number of aliphatic imine (C=N–C) groups is 1. The van der Waals surface area contributed by atoms with E-state index in [1.165, 1.54) is 18.2 Å². The van der Waals surface area contributed by atoms with E-state index in [-0.39, 0.29) is 5.91 Å². The van der Waals surface area contributed by atoms with Crippen molar-refractivity contribution in [3.63, 3.8) is 0 Å². The maximum absolute atomic E-state index is 12.3. The highest BCUT2D eigenvalue weighted by atomic mass is 32.2. The fraction of sp³-hybridized carbons (Fsp3) is 0.400. The Balaban J connectivity index is 1.52. The van der Waals surface area contributed by atoms with E-state index in [4.69, 9.17) is 9.47 Å². The van der Waals surface area contributed by atoms with Gasteiger partial charge in [-0.1, -0.05) is 19.1 Å². The number of carbonyl (C=O) groups is 1. The van der Waals surface area contributed by atoms with E-state index < -0.39 is 0 Å². The van der Waals surface area contributed by atoms with Crippen LogP contribution in [0.5, 0.6) is 11.5 Å². The average Bonchev–Trinajstić information content (AvgIpc) is 3.01. The summed E-state index contributed by atoms with van der Waals surface area (Å²) in [5.74, 6) is 1.97. The van der Waals surface area contributed by atoms with Gasteiger partial charge in [0.25, 0.3) is 5.91 Å². The van der Waals surface area contributed by atoms with Crippen LogP contribution in [0.4, 0.5) is 0 Å². The van der Waals surface area contributed by atoms with Gasteiger partial charge in [-0.05, 0) is 54.3 Å². The van der Waals surface area contributed by atoms with E-state index in [2.05, 4.69) is 16.8 Å². The molecule has 1 amide bonds. The summed E-state index contributed by atoms with van der Waals surface area (Å²) < 4.78 is 11.2. The van der Waals surface area contributed by atoms with Gasteiger partial charge in [-0.3, -0.25) is 4.79 Å². The van der Waals surface area contributed by atoms with Gasteiger partial charge in [0, 0.05) is 18.7 Å². The largest absolute Gasteiger partial charge is 0.493 e. The van der Waals surface area contributed by atoms with Crippen LogP contribution in [0.15, 0.2) is 39.7 Å². The Morgan fingerprint density at radius 3 is 3.12 bits per heavy atom. The van der Waals surface area contributed by atoms with Crippen LogP contribution < -0.4 is 9.47 Å². The normalized spacial score (nSPS) is 24.1. The molecule has 3 aliphatic heterocycles. The SMILES string of the molecule is COc1cccc2c1OCC(C=C1SC(N3CCCC(C)C3)=NC1=O)=C2. The van der Waals surface area contributed by atoms with Crippen molar-refractivity contribution >= 4 is 28.9 Å². The topological polar surface area (TPSA) is 51.1 Å². The Morgan fingerprint density at radius 2 is 2.31 bits per heavy atom. The van der Waals surface area contributed by atoms with Gasteiger partial charge in [0.05, 0.1) is 12.0 Å². The first kappa shape index (κ1) is 17.2. The highest BCUT2D eigenvalue weighted by Crippen LogP contribution is 2.37. The van der Waals surface area contributed by atoms with Crippen LogP contribution in [-0.4, -0.2) is 42.8 Å². The Hall–Kier alpha value is -2.21. The monoisotopic (exact) mass is 370 g/mol. The van der Waals surface area contributed by atoms with Gasteiger partial charge in [-0.15, -0.1) is 0 Å². The van der Waals surface area contributed by atoms with Crippen LogP contribution in [-0.2, 0) is 4.79 Å². The third-order valence-electron chi connectivity index (χ3n) is 4.81. The number of thioether (sulfide) groups is 1. The number of nitrogens with zero attached hydrogens (tertiary/aromatic N) is 2. The van der Waals surface area contributed by atoms with Crippen molar-refractivity contribution in [3.05, 3.63) is 40.3 Å². The fourth-order valence-electron chi connectivity index (χ4n) is 3.51. The highest BCUT2D eigenvalue weighted by Gasteiger charge is 2.29. The van der Waals surface area contributed by atoms with Crippen LogP contribution in [0, 0.1) is 5.92 Å². The number of fused-ring (bicyclic) bond motifs is 1. The lowest BCUT2D eigenvalue weighted by molar-refractivity contribution is -0.113. The number of para-hydroxylation sites is 1. The Bertz CT molecular complexity index is 828. The molecule has 0 spiro atoms. The third-order valence-corrected chi connectivity index (χ3v) is 5.85. The molecule has 3 aliphatic rings. The molecule has 6 heteroatoms. The molecular weight excluding hydrogens is 348 g/mol. The van der Waals surface area contributed by atoms with Gasteiger partial charge in [0.15, 0.2) is 16.7 Å². The van der Waals surface area contributed by atoms with E-state index in [0.29, 0.717) is 17.4 Å². The molecule has 136 valence electrons. The van der Waals surface area contributed by atoms with Gasteiger partial charge < -0.3 is 14.4 Å². The summed E-state index contributed by atoms with van der Waals surface area (Å²) in [6, 6.07) is 5.80. The quantitative estimate of drug-likeness (QED) is 0.743. The van der Waals surface area contributed by atoms with Gasteiger partial charge in [0.2, 0.25) is 0 Å². The summed E-state index contributed by atoms with van der Waals surface area (Å²) in [6.07, 6.45) is 6.35. The second kappa shape index (κ2) is 7.19. The molecule has 1 saturated heterocycles. The number of piperidine rings is 1. The number of ether oxygens (including phenoxy) is 2. The molecule has 0 bridgehead atoms. The standard InChI is InChI=1S/C20H22N2O3S/c1-13-5-4-8-22(11-13)20-21-19(23)17(26-20)10-14-9-15-6-3-7-16(24-2)18(15)25-12-14/h3,6-7,9-10,13H,4-5,8,11-12H2,1-2H3. The maximum atomic E-state index is 12.3. The van der Waals surface area contributed by atoms with Crippen LogP contribution in [0.2, 0.25) is 0 Å². The number of amides is 1. The zero-order valence-electron chi connectivity index (χ0n) is 15.0. The number of amidine groups is 1. The van der Waals surface area contributed by atoms with Crippen molar-refractivity contribution < 1.29 is 14.3 Å². The Labute approximate surface area is 157 Å². The molecule has 0 aromatic heterocycles. The molecule has 1 atom stereocenters. The van der Waals surface area contributed by atoms with Crippen LogP contribution in [0.1, 0.15) is 25.3 Å². The number of benzene rings is 1. The minimum atomic E-state index is -0.152. The molecule has 0 radical (unpaired) electrons. The van der Waals surface area contributed by atoms with E-state index in [9.17, 15) is 4.79 Å². The van der Waals surface area contributed by atoms with E-state index in [1.807, 2.05) is 30.4 Å². The van der Waals surface area contributed by atoms with Gasteiger partial charge in [0.1, 0.15) is 6.61 Å². The number of hydrogen-bond donors (Lipinski definition) is 0. The van der Waals surface area contributed by atoms with E-state index >= 15 is 0 Å². The fourth-order valence-corrected chi connectivity index (χ4v) is 4.47. The summed E-state index contributed by atoms with van der Waals surface area (Å²) in [4.78, 5) is 19.5. The maximum Gasteiger partial charge on any atom is 0.286 e. The van der Waals surface area contributed by atoms with Gasteiger partial charge >= 0.3 is 0 Å². The molecule has 0 aliphatic carbocycles. The van der Waals surface area contributed by atoms with Crippen molar-refractivity contribution in [2.45, 2.75) is 19.8 Å². The molecule has 1 aromatic rings. The predicted octanol–water partition coefficient (Wildman–Crippen LogP) is 3.72. The van der Waals surface area contributed by atoms with Gasteiger partial charge in [-0.25, -0.2) is 0 Å². The van der Waals surface area contributed by atoms with Crippen molar-refractivity contribution in [1.29, 1.82) is 0 Å². The molecular formula is C20H22N2O3S. The number of carbonyl (C=O) groups excluding carboxylic acids is 1. The first-order valence-corrected chi connectivity index (χ1v) is 9.73. The summed E-state index contributed by atoms with van der Waals surface area (Å²) in [7, 11) is 1.63. The molecule has 1 fully saturated rings. The molecule has 1 aromatic carbocycles. The average molecular weight is 370 g/mol. The Kier molecular flexibility index (Phi) is 4.76. The highest BCUT2D eigenvalue weighted by molar-refractivity contribution is 8.18.